The van der Waals surface area contributed by atoms with Gasteiger partial charge in [-0.15, -0.1) is 22.7 Å². The second-order valence-corrected chi connectivity index (χ2v) is 5.46. The topological polar surface area (TPSA) is 24.9 Å². The molecule has 1 N–H and O–H groups in total. The Morgan fingerprint density at radius 3 is 3.06 bits per heavy atom. The van der Waals surface area contributed by atoms with E-state index in [1.807, 2.05) is 16.8 Å². The molecule has 0 aliphatic rings. The summed E-state index contributed by atoms with van der Waals surface area (Å²) in [6.07, 6.45) is 1.12. The number of hydrogen-bond donors (Lipinski definition) is 1. The van der Waals surface area contributed by atoms with E-state index >= 15 is 0 Å². The fourth-order valence-corrected chi connectivity index (χ4v) is 3.20. The fraction of sp³-hybridized carbons (Fsp3) is 0.417. The summed E-state index contributed by atoms with van der Waals surface area (Å²) in [5.41, 5.74) is 4.48. The first-order chi connectivity index (χ1) is 7.81. The molecule has 0 amide bonds. The van der Waals surface area contributed by atoms with E-state index in [0.717, 1.165) is 18.7 Å². The van der Waals surface area contributed by atoms with Crippen LogP contribution in [0.1, 0.15) is 36.0 Å². The van der Waals surface area contributed by atoms with Gasteiger partial charge in [-0.1, -0.05) is 6.92 Å². The normalized spacial score (nSPS) is 12.9. The zero-order chi connectivity index (χ0) is 11.4. The molecule has 0 saturated carbocycles. The summed E-state index contributed by atoms with van der Waals surface area (Å²) in [6.45, 7) is 5.31. The first-order valence-corrected chi connectivity index (χ1v) is 7.30. The van der Waals surface area contributed by atoms with Crippen LogP contribution >= 0.6 is 22.7 Å². The van der Waals surface area contributed by atoms with Gasteiger partial charge >= 0.3 is 0 Å². The summed E-state index contributed by atoms with van der Waals surface area (Å²) in [4.78, 5) is 5.77. The second-order valence-electron chi connectivity index (χ2n) is 3.74. The van der Waals surface area contributed by atoms with Crippen LogP contribution in [-0.2, 0) is 13.0 Å². The number of nitrogens with one attached hydrogen (secondary N) is 1. The van der Waals surface area contributed by atoms with Crippen molar-refractivity contribution in [3.8, 4) is 0 Å². The van der Waals surface area contributed by atoms with Crippen molar-refractivity contribution in [1.82, 2.24) is 10.3 Å². The number of aryl methyl sites for hydroxylation is 1. The lowest BCUT2D eigenvalue weighted by Crippen LogP contribution is -2.18. The van der Waals surface area contributed by atoms with E-state index in [9.17, 15) is 0 Å². The van der Waals surface area contributed by atoms with Crippen LogP contribution in [0.5, 0.6) is 0 Å². The van der Waals surface area contributed by atoms with Crippen LogP contribution in [0.25, 0.3) is 0 Å². The van der Waals surface area contributed by atoms with Crippen LogP contribution in [0.3, 0.4) is 0 Å². The van der Waals surface area contributed by atoms with E-state index < -0.39 is 0 Å². The van der Waals surface area contributed by atoms with Gasteiger partial charge in [-0.2, -0.15) is 0 Å². The highest BCUT2D eigenvalue weighted by Crippen LogP contribution is 2.19. The number of thiophene rings is 1. The van der Waals surface area contributed by atoms with Gasteiger partial charge in [0.05, 0.1) is 11.2 Å². The molecule has 0 radical (unpaired) electrons. The quantitative estimate of drug-likeness (QED) is 0.879. The van der Waals surface area contributed by atoms with Crippen LogP contribution < -0.4 is 5.32 Å². The van der Waals surface area contributed by atoms with E-state index in [2.05, 4.69) is 41.0 Å². The molecule has 1 atom stereocenters. The second kappa shape index (κ2) is 5.57. The number of aromatic nitrogens is 1. The number of nitrogens with zero attached hydrogens (tertiary/aromatic N) is 1. The Morgan fingerprint density at radius 2 is 2.38 bits per heavy atom. The molecule has 2 nitrogen and oxygen atoms in total. The molecule has 16 heavy (non-hydrogen) atoms. The summed E-state index contributed by atoms with van der Waals surface area (Å²) in [5, 5.41) is 7.79. The molecule has 4 heteroatoms. The van der Waals surface area contributed by atoms with Gasteiger partial charge in [-0.25, -0.2) is 4.98 Å². The van der Waals surface area contributed by atoms with Crippen LogP contribution in [0, 0.1) is 0 Å². The average molecular weight is 252 g/mol. The number of thiazole rings is 1. The van der Waals surface area contributed by atoms with Crippen LogP contribution in [0.15, 0.2) is 22.3 Å². The predicted molar refractivity (Wildman–Crippen MR) is 71.1 cm³/mol. The summed E-state index contributed by atoms with van der Waals surface area (Å²) < 4.78 is 0. The van der Waals surface area contributed by atoms with Gasteiger partial charge in [0.2, 0.25) is 0 Å². The first-order valence-electron chi connectivity index (χ1n) is 5.48. The van der Waals surface area contributed by atoms with Crippen molar-refractivity contribution < 1.29 is 0 Å². The molecule has 0 saturated heterocycles. The Hall–Kier alpha value is -0.710. The number of rotatable bonds is 5. The van der Waals surface area contributed by atoms with Crippen molar-refractivity contribution in [2.45, 2.75) is 32.9 Å². The molecule has 86 valence electrons. The van der Waals surface area contributed by atoms with E-state index in [1.54, 1.807) is 11.3 Å². The van der Waals surface area contributed by atoms with Gasteiger partial charge in [0, 0.05) is 22.8 Å². The predicted octanol–water partition coefficient (Wildman–Crippen LogP) is 3.62. The van der Waals surface area contributed by atoms with Gasteiger partial charge in [0.15, 0.2) is 0 Å². The molecule has 1 unspecified atom stereocenters. The Morgan fingerprint density at radius 1 is 1.50 bits per heavy atom. The summed E-state index contributed by atoms with van der Waals surface area (Å²) in [5.74, 6) is 0. The van der Waals surface area contributed by atoms with Crippen LogP contribution in [-0.4, -0.2) is 4.98 Å². The molecule has 2 heterocycles. The van der Waals surface area contributed by atoms with Crippen molar-refractivity contribution in [3.05, 3.63) is 38.5 Å². The molecule has 2 rings (SSSR count). The maximum Gasteiger partial charge on any atom is 0.0795 e. The van der Waals surface area contributed by atoms with Gasteiger partial charge in [-0.3, -0.25) is 0 Å². The molecule has 0 bridgehead atoms. The zero-order valence-electron chi connectivity index (χ0n) is 9.56. The molecule has 0 aromatic carbocycles. The zero-order valence-corrected chi connectivity index (χ0v) is 11.2. The fourth-order valence-electron chi connectivity index (χ4n) is 1.62. The lowest BCUT2D eigenvalue weighted by molar-refractivity contribution is 0.566. The van der Waals surface area contributed by atoms with E-state index in [1.165, 1.54) is 10.4 Å². The molecule has 2 aromatic heterocycles. The minimum absolute atomic E-state index is 0.332. The largest absolute Gasteiger partial charge is 0.304 e. The lowest BCUT2D eigenvalue weighted by Gasteiger charge is -2.11. The van der Waals surface area contributed by atoms with Gasteiger partial charge in [-0.05, 0) is 30.4 Å². The summed E-state index contributed by atoms with van der Waals surface area (Å²) >= 11 is 3.48. The highest BCUT2D eigenvalue weighted by Gasteiger charge is 2.08. The number of hydrogen-bond acceptors (Lipinski definition) is 4. The van der Waals surface area contributed by atoms with Crippen LogP contribution in [0.2, 0.25) is 0 Å². The molecule has 2 aromatic rings. The van der Waals surface area contributed by atoms with Crippen molar-refractivity contribution in [3.63, 3.8) is 0 Å². The molecule has 0 spiro atoms. The maximum absolute atomic E-state index is 4.32. The average Bonchev–Trinajstić information content (AvgIpc) is 2.96. The van der Waals surface area contributed by atoms with Gasteiger partial charge < -0.3 is 5.32 Å². The highest BCUT2D eigenvalue weighted by molar-refractivity contribution is 7.10. The van der Waals surface area contributed by atoms with Gasteiger partial charge in [0.1, 0.15) is 0 Å². The maximum atomic E-state index is 4.32. The van der Waals surface area contributed by atoms with E-state index in [-0.39, 0.29) is 0 Å². The first kappa shape index (κ1) is 11.8. The Bertz CT molecular complexity index is 420. The molecule has 0 fully saturated rings. The van der Waals surface area contributed by atoms with Crippen molar-refractivity contribution >= 4 is 22.7 Å². The minimum atomic E-state index is 0.332. The van der Waals surface area contributed by atoms with E-state index in [4.69, 9.17) is 0 Å². The Labute approximate surface area is 104 Å². The van der Waals surface area contributed by atoms with Gasteiger partial charge in [0.25, 0.3) is 0 Å². The SMILES string of the molecule is CCc1ccsc1CNC(C)c1cscn1. The van der Waals surface area contributed by atoms with Crippen molar-refractivity contribution in [1.29, 1.82) is 0 Å². The standard InChI is InChI=1S/C12H16N2S2/c1-3-10-4-5-16-12(10)6-13-9(2)11-7-15-8-14-11/h4-5,7-9,13H,3,6H2,1-2H3. The van der Waals surface area contributed by atoms with Crippen molar-refractivity contribution in [2.24, 2.45) is 0 Å². The molecule has 0 aliphatic carbocycles. The third kappa shape index (κ3) is 2.70. The summed E-state index contributed by atoms with van der Waals surface area (Å²) in [6, 6.07) is 2.55. The summed E-state index contributed by atoms with van der Waals surface area (Å²) in [7, 11) is 0. The molecule has 0 aliphatic heterocycles. The Balaban J connectivity index is 1.92. The van der Waals surface area contributed by atoms with Crippen molar-refractivity contribution in [2.75, 3.05) is 0 Å². The highest BCUT2D eigenvalue weighted by atomic mass is 32.1. The smallest absolute Gasteiger partial charge is 0.0795 e. The van der Waals surface area contributed by atoms with E-state index in [0.29, 0.717) is 6.04 Å². The van der Waals surface area contributed by atoms with Crippen LogP contribution in [0.4, 0.5) is 0 Å². The third-order valence-corrected chi connectivity index (χ3v) is 4.25. The minimum Gasteiger partial charge on any atom is -0.304 e. The molecular weight excluding hydrogens is 236 g/mol. The monoisotopic (exact) mass is 252 g/mol. The third-order valence-electron chi connectivity index (χ3n) is 2.68. The Kier molecular flexibility index (Phi) is 4.09. The molecular formula is C12H16N2S2. The lowest BCUT2D eigenvalue weighted by atomic mass is 10.2.